The summed E-state index contributed by atoms with van der Waals surface area (Å²) in [6.07, 6.45) is 2.51. The fourth-order valence-corrected chi connectivity index (χ4v) is 13.5. The highest BCUT2D eigenvalue weighted by atomic mass is 14.3. The molecule has 0 unspecified atom stereocenters. The molecule has 0 N–H and O–H groups in total. The van der Waals surface area contributed by atoms with Crippen LogP contribution < -0.4 is 0 Å². The van der Waals surface area contributed by atoms with E-state index >= 15 is 0 Å². The van der Waals surface area contributed by atoms with Crippen molar-refractivity contribution in [2.45, 2.75) is 19.3 Å². The lowest BCUT2D eigenvalue weighted by molar-refractivity contribution is 0.826. The minimum absolute atomic E-state index is 0.816. The van der Waals surface area contributed by atoms with Crippen LogP contribution in [0, 0.1) is 0 Å². The predicted molar refractivity (Wildman–Crippen MR) is 337 cm³/mol. The first-order valence-electron chi connectivity index (χ1n) is 27.9. The van der Waals surface area contributed by atoms with Crippen LogP contribution in [0.25, 0.3) is 144 Å². The van der Waals surface area contributed by atoms with E-state index in [2.05, 4.69) is 291 Å². The Hall–Kier alpha value is -9.88. The van der Waals surface area contributed by atoms with E-state index in [1.807, 2.05) is 0 Å². The zero-order valence-electron chi connectivity index (χ0n) is 43.8. The Bertz CT molecular complexity index is 4170. The van der Waals surface area contributed by atoms with E-state index in [-0.39, 0.29) is 0 Å². The van der Waals surface area contributed by atoms with Crippen LogP contribution in [0.1, 0.15) is 17.5 Å². The molecule has 0 aliphatic heterocycles. The molecular weight excluding hydrogens is 949 g/mol. The van der Waals surface area contributed by atoms with Crippen molar-refractivity contribution < 1.29 is 0 Å². The fourth-order valence-electron chi connectivity index (χ4n) is 13.5. The number of fused-ring (bicyclic) bond motifs is 2. The second kappa shape index (κ2) is 19.6. The maximum absolute atomic E-state index is 2.51. The smallest absolute Gasteiger partial charge is 0.00141 e. The van der Waals surface area contributed by atoms with Gasteiger partial charge in [-0.1, -0.05) is 267 Å². The highest BCUT2D eigenvalue weighted by molar-refractivity contribution is 6.25. The zero-order valence-corrected chi connectivity index (χ0v) is 43.8. The fraction of sp³-hybridized carbons (Fsp3) is 0.0380. The molecule has 0 radical (unpaired) electrons. The molecular formula is C79H54. The van der Waals surface area contributed by atoms with Gasteiger partial charge in [-0.3, -0.25) is 0 Å². The zero-order chi connectivity index (χ0) is 52.2. The molecule has 0 atom stereocenters. The molecule has 79 heavy (non-hydrogen) atoms. The quantitative estimate of drug-likeness (QED) is 0.133. The van der Waals surface area contributed by atoms with Crippen molar-refractivity contribution in [1.29, 1.82) is 0 Å². The molecule has 4 aliphatic rings. The third kappa shape index (κ3) is 7.90. The van der Waals surface area contributed by atoms with Gasteiger partial charge in [-0.15, -0.1) is 0 Å². The van der Waals surface area contributed by atoms with Crippen molar-refractivity contribution in [2.75, 3.05) is 0 Å². The summed E-state index contributed by atoms with van der Waals surface area (Å²) in [5.41, 5.74) is 27.5. The monoisotopic (exact) mass is 1000 g/mol. The Labute approximate surface area is 462 Å². The van der Waals surface area contributed by atoms with Crippen molar-refractivity contribution in [1.82, 2.24) is 0 Å². The van der Waals surface area contributed by atoms with Crippen LogP contribution in [-0.4, -0.2) is 0 Å². The van der Waals surface area contributed by atoms with Crippen LogP contribution in [0.4, 0.5) is 0 Å². The summed E-state index contributed by atoms with van der Waals surface area (Å²) in [4.78, 5) is 0. The summed E-state index contributed by atoms with van der Waals surface area (Å²) in [6, 6.07) is 109. The molecule has 4 aliphatic carbocycles. The lowest BCUT2D eigenvalue weighted by Crippen LogP contribution is -2.07. The molecule has 0 amide bonds. The molecule has 0 saturated heterocycles. The molecule has 0 aromatic heterocycles. The average Bonchev–Trinajstić information content (AvgIpc) is 3.71. The maximum atomic E-state index is 2.51. The number of hydrogen-bond donors (Lipinski definition) is 0. The van der Waals surface area contributed by atoms with Gasteiger partial charge >= 0.3 is 0 Å². The molecule has 370 valence electrons. The van der Waals surface area contributed by atoms with E-state index < -0.39 is 0 Å². The normalized spacial score (nSPS) is 12.2. The van der Waals surface area contributed by atoms with Crippen LogP contribution in [-0.2, 0) is 12.8 Å². The van der Waals surface area contributed by atoms with Crippen LogP contribution in [0.15, 0.2) is 291 Å². The Morgan fingerprint density at radius 3 is 0.557 bits per heavy atom. The lowest BCUT2D eigenvalue weighted by atomic mass is 9.73. The van der Waals surface area contributed by atoms with Crippen molar-refractivity contribution in [3.05, 3.63) is 302 Å². The van der Waals surface area contributed by atoms with Crippen molar-refractivity contribution in [3.63, 3.8) is 0 Å². The van der Waals surface area contributed by atoms with E-state index in [1.54, 1.807) is 0 Å². The molecule has 14 aromatic carbocycles. The molecule has 0 fully saturated rings. The molecule has 0 saturated carbocycles. The van der Waals surface area contributed by atoms with Gasteiger partial charge in [0.05, 0.1) is 0 Å². The van der Waals surface area contributed by atoms with Gasteiger partial charge in [0, 0.05) is 0 Å². The van der Waals surface area contributed by atoms with Gasteiger partial charge in [-0.2, -0.15) is 0 Å². The lowest BCUT2D eigenvalue weighted by Gasteiger charge is -2.30. The molecule has 14 aromatic rings. The van der Waals surface area contributed by atoms with Gasteiger partial charge in [-0.25, -0.2) is 0 Å². The third-order valence-corrected chi connectivity index (χ3v) is 16.7. The van der Waals surface area contributed by atoms with E-state index in [1.165, 1.54) is 155 Å². The standard InChI is InChI=1S/C79H54/c1-9-26-52(27-10-1)70-66-42-25-43-67-71(53-28-11-2-12-29-53)75(55-32-15-4-16-33-55)79(59-40-23-8-24-41-59)77(57-36-19-6-20-37-57)73(67)65-50-62-46-44-60-48-64(49-61-45-47-63(51-65)69(62)68(60)61)72(66)76(56-34-17-5-18-35-56)78(58-38-21-7-22-39-58)74(70)54-30-13-3-14-31-54/h1-24,26-41,44-51H,25,42-43H2. The van der Waals surface area contributed by atoms with Gasteiger partial charge in [0.1, 0.15) is 0 Å². The molecule has 0 heteroatoms. The molecule has 0 spiro atoms. The second-order valence-electron chi connectivity index (χ2n) is 21.2. The topological polar surface area (TPSA) is 0 Å². The first-order valence-corrected chi connectivity index (χ1v) is 27.9. The first kappa shape index (κ1) is 46.4. The van der Waals surface area contributed by atoms with Gasteiger partial charge < -0.3 is 0 Å². The van der Waals surface area contributed by atoms with E-state index in [0.717, 1.165) is 19.3 Å². The molecule has 0 heterocycles. The van der Waals surface area contributed by atoms with Crippen LogP contribution in [0.2, 0.25) is 0 Å². The highest BCUT2D eigenvalue weighted by Gasteiger charge is 2.32. The minimum atomic E-state index is 0.816. The molecule has 8 bridgehead atoms. The Morgan fingerprint density at radius 2 is 0.342 bits per heavy atom. The van der Waals surface area contributed by atoms with Crippen LogP contribution in [0.5, 0.6) is 0 Å². The van der Waals surface area contributed by atoms with Gasteiger partial charge in [0.15, 0.2) is 0 Å². The largest absolute Gasteiger partial charge is 0.0622 e. The predicted octanol–water partition coefficient (Wildman–Crippen LogP) is 21.7. The first-order chi connectivity index (χ1) is 39.2. The summed E-state index contributed by atoms with van der Waals surface area (Å²) in [7, 11) is 0. The number of rotatable bonds is 8. The third-order valence-electron chi connectivity index (χ3n) is 16.7. The maximum Gasteiger partial charge on any atom is -0.00141 e. The van der Waals surface area contributed by atoms with Crippen LogP contribution >= 0.6 is 0 Å². The Morgan fingerprint density at radius 1 is 0.165 bits per heavy atom. The Balaban J connectivity index is 1.16. The summed E-state index contributed by atoms with van der Waals surface area (Å²) < 4.78 is 0. The molecule has 0 nitrogen and oxygen atoms in total. The van der Waals surface area contributed by atoms with E-state index in [0.29, 0.717) is 0 Å². The van der Waals surface area contributed by atoms with Crippen molar-refractivity contribution >= 4 is 32.3 Å². The summed E-state index contributed by atoms with van der Waals surface area (Å²) in [5.74, 6) is 0. The second-order valence-corrected chi connectivity index (χ2v) is 21.2. The van der Waals surface area contributed by atoms with Crippen molar-refractivity contribution in [2.24, 2.45) is 0 Å². The van der Waals surface area contributed by atoms with Gasteiger partial charge in [0.2, 0.25) is 0 Å². The minimum Gasteiger partial charge on any atom is -0.0622 e. The number of hydrogen-bond acceptors (Lipinski definition) is 0. The van der Waals surface area contributed by atoms with Crippen LogP contribution in [0.3, 0.4) is 0 Å². The van der Waals surface area contributed by atoms with E-state index in [9.17, 15) is 0 Å². The SMILES string of the molecule is c1ccc(-c2c3c(c(-c4ccccc4)c(-c4ccccc4)c2-c2ccccc2)-c2cc4ccc5cc(cc6ccc(c2)c4c56)-c2c(c(-c4ccccc4)c(-c4ccccc4)c(-c4ccccc4)c2-c2ccccc2)CCC3)cc1. The van der Waals surface area contributed by atoms with E-state index in [4.69, 9.17) is 0 Å². The van der Waals surface area contributed by atoms with Gasteiger partial charge in [0.25, 0.3) is 0 Å². The van der Waals surface area contributed by atoms with Crippen molar-refractivity contribution in [3.8, 4) is 111 Å². The van der Waals surface area contributed by atoms with Gasteiger partial charge in [-0.05, 0) is 198 Å². The summed E-state index contributed by atoms with van der Waals surface area (Å²) in [5, 5.41) is 7.64. The average molecular weight is 1000 g/mol. The highest BCUT2D eigenvalue weighted by Crippen LogP contribution is 2.57. The molecule has 18 rings (SSSR count). The Kier molecular flexibility index (Phi) is 11.5. The summed E-state index contributed by atoms with van der Waals surface area (Å²) in [6.45, 7) is 0. The number of benzene rings is 14. The summed E-state index contributed by atoms with van der Waals surface area (Å²) >= 11 is 0.